The SMILES string of the molecule is C[C@]1([C@H](CC#N)C2=CC(=O)OC2)CC[C@H]2[C@@H](CC[C@@H]3CCCC(O)(O)[C@@]32C)C1. The molecule has 5 nitrogen and oxygen atoms in total. The second-order valence-electron chi connectivity index (χ2n) is 10.3. The molecular formula is C23H33NO4. The number of cyclic esters (lactones) is 1. The number of fused-ring (bicyclic) bond motifs is 3. The zero-order chi connectivity index (χ0) is 20.2. The van der Waals surface area contributed by atoms with Crippen LogP contribution in [0.25, 0.3) is 0 Å². The van der Waals surface area contributed by atoms with Gasteiger partial charge in [0.2, 0.25) is 0 Å². The fraction of sp³-hybridized carbons (Fsp3) is 0.826. The van der Waals surface area contributed by atoms with E-state index >= 15 is 0 Å². The first-order chi connectivity index (χ1) is 13.2. The lowest BCUT2D eigenvalue weighted by atomic mass is 9.44. The maximum atomic E-state index is 11.6. The Balaban J connectivity index is 1.60. The number of nitrogens with zero attached hydrogens (tertiary/aromatic N) is 1. The molecule has 3 saturated carbocycles. The van der Waals surface area contributed by atoms with Gasteiger partial charge in [-0.05, 0) is 73.7 Å². The summed E-state index contributed by atoms with van der Waals surface area (Å²) < 4.78 is 5.14. The van der Waals surface area contributed by atoms with Crippen LogP contribution >= 0.6 is 0 Å². The van der Waals surface area contributed by atoms with E-state index in [0.717, 1.165) is 50.5 Å². The van der Waals surface area contributed by atoms with E-state index in [1.54, 1.807) is 6.08 Å². The molecule has 0 bridgehead atoms. The normalized spacial score (nSPS) is 43.2. The molecule has 4 aliphatic rings. The summed E-state index contributed by atoms with van der Waals surface area (Å²) in [5, 5.41) is 31.3. The summed E-state index contributed by atoms with van der Waals surface area (Å²) in [5.41, 5.74) is 0.470. The highest BCUT2D eigenvalue weighted by molar-refractivity contribution is 5.85. The number of ether oxygens (including phenoxy) is 1. The molecule has 3 fully saturated rings. The fourth-order valence-electron chi connectivity index (χ4n) is 7.43. The lowest BCUT2D eigenvalue weighted by Crippen LogP contribution is -2.62. The minimum Gasteiger partial charge on any atom is -0.458 e. The van der Waals surface area contributed by atoms with Gasteiger partial charge in [0.25, 0.3) is 0 Å². The van der Waals surface area contributed by atoms with E-state index in [2.05, 4.69) is 19.9 Å². The Hall–Kier alpha value is -1.38. The van der Waals surface area contributed by atoms with Crippen LogP contribution < -0.4 is 0 Å². The average Bonchev–Trinajstić information content (AvgIpc) is 3.06. The summed E-state index contributed by atoms with van der Waals surface area (Å²) in [6, 6.07) is 2.33. The highest BCUT2D eigenvalue weighted by atomic mass is 16.5. The number of hydrogen-bond acceptors (Lipinski definition) is 5. The monoisotopic (exact) mass is 387 g/mol. The lowest BCUT2D eigenvalue weighted by Gasteiger charge is -2.62. The van der Waals surface area contributed by atoms with Crippen LogP contribution in [0.2, 0.25) is 0 Å². The molecule has 0 aromatic heterocycles. The van der Waals surface area contributed by atoms with Gasteiger partial charge >= 0.3 is 5.97 Å². The lowest BCUT2D eigenvalue weighted by molar-refractivity contribution is -0.309. The van der Waals surface area contributed by atoms with E-state index in [1.165, 1.54) is 0 Å². The van der Waals surface area contributed by atoms with Crippen molar-refractivity contribution < 1.29 is 19.7 Å². The quantitative estimate of drug-likeness (QED) is 0.569. The van der Waals surface area contributed by atoms with Gasteiger partial charge in [0, 0.05) is 30.3 Å². The van der Waals surface area contributed by atoms with Gasteiger partial charge in [-0.25, -0.2) is 4.79 Å². The number of esters is 1. The zero-order valence-corrected chi connectivity index (χ0v) is 17.1. The van der Waals surface area contributed by atoms with Gasteiger partial charge in [-0.3, -0.25) is 0 Å². The van der Waals surface area contributed by atoms with Gasteiger partial charge in [0.05, 0.1) is 6.07 Å². The van der Waals surface area contributed by atoms with Crippen LogP contribution in [0.5, 0.6) is 0 Å². The van der Waals surface area contributed by atoms with Crippen molar-refractivity contribution in [3.63, 3.8) is 0 Å². The summed E-state index contributed by atoms with van der Waals surface area (Å²) in [4.78, 5) is 11.6. The summed E-state index contributed by atoms with van der Waals surface area (Å²) in [6.45, 7) is 4.69. The first kappa shape index (κ1) is 19.9. The largest absolute Gasteiger partial charge is 0.458 e. The fourth-order valence-corrected chi connectivity index (χ4v) is 7.43. The van der Waals surface area contributed by atoms with Crippen LogP contribution in [-0.4, -0.2) is 28.6 Å². The molecule has 4 rings (SSSR count). The number of nitriles is 1. The number of aliphatic hydroxyl groups is 2. The first-order valence-electron chi connectivity index (χ1n) is 10.9. The van der Waals surface area contributed by atoms with Crippen molar-refractivity contribution >= 4 is 5.97 Å². The number of rotatable bonds is 3. The summed E-state index contributed by atoms with van der Waals surface area (Å²) in [6.07, 6.45) is 9.54. The van der Waals surface area contributed by atoms with Crippen molar-refractivity contribution in [1.29, 1.82) is 5.26 Å². The van der Waals surface area contributed by atoms with Crippen molar-refractivity contribution in [3.05, 3.63) is 11.6 Å². The average molecular weight is 388 g/mol. The second kappa shape index (κ2) is 6.85. The molecule has 1 aliphatic heterocycles. The predicted molar refractivity (Wildman–Crippen MR) is 104 cm³/mol. The minimum absolute atomic E-state index is 0.0368. The van der Waals surface area contributed by atoms with Crippen LogP contribution in [0.3, 0.4) is 0 Å². The molecule has 3 aliphatic carbocycles. The van der Waals surface area contributed by atoms with Gasteiger partial charge in [-0.15, -0.1) is 0 Å². The van der Waals surface area contributed by atoms with Crippen LogP contribution in [-0.2, 0) is 9.53 Å². The van der Waals surface area contributed by atoms with E-state index in [9.17, 15) is 20.3 Å². The van der Waals surface area contributed by atoms with Crippen LogP contribution in [0.1, 0.15) is 71.6 Å². The molecule has 28 heavy (non-hydrogen) atoms. The zero-order valence-electron chi connectivity index (χ0n) is 17.1. The van der Waals surface area contributed by atoms with Crippen LogP contribution in [0.4, 0.5) is 0 Å². The maximum Gasteiger partial charge on any atom is 0.331 e. The van der Waals surface area contributed by atoms with Crippen LogP contribution in [0, 0.1) is 45.8 Å². The molecule has 2 N–H and O–H groups in total. The van der Waals surface area contributed by atoms with Crippen molar-refractivity contribution in [2.75, 3.05) is 6.61 Å². The number of carbonyl (C=O) groups is 1. The molecule has 0 aromatic rings. The molecule has 0 saturated heterocycles. The van der Waals surface area contributed by atoms with Crippen LogP contribution in [0.15, 0.2) is 11.6 Å². The Morgan fingerprint density at radius 1 is 1.25 bits per heavy atom. The summed E-state index contributed by atoms with van der Waals surface area (Å²) >= 11 is 0. The van der Waals surface area contributed by atoms with Gasteiger partial charge in [0.1, 0.15) is 6.61 Å². The molecule has 0 spiro atoms. The van der Waals surface area contributed by atoms with Crippen molar-refractivity contribution in [2.24, 2.45) is 34.5 Å². The van der Waals surface area contributed by atoms with E-state index in [0.29, 0.717) is 37.2 Å². The third-order valence-electron chi connectivity index (χ3n) is 9.04. The van der Waals surface area contributed by atoms with E-state index in [-0.39, 0.29) is 17.3 Å². The summed E-state index contributed by atoms with van der Waals surface area (Å²) in [7, 11) is 0. The Labute approximate surface area is 167 Å². The van der Waals surface area contributed by atoms with E-state index in [1.807, 2.05) is 0 Å². The maximum absolute atomic E-state index is 11.6. The Bertz CT molecular complexity index is 723. The highest BCUT2D eigenvalue weighted by Crippen LogP contribution is 2.65. The van der Waals surface area contributed by atoms with Crippen molar-refractivity contribution in [1.82, 2.24) is 0 Å². The second-order valence-corrected chi connectivity index (χ2v) is 10.3. The molecule has 0 amide bonds. The predicted octanol–water partition coefficient (Wildman–Crippen LogP) is 3.70. The molecule has 0 aromatic carbocycles. The molecule has 6 atom stereocenters. The van der Waals surface area contributed by atoms with Gasteiger partial charge < -0.3 is 14.9 Å². The standard InChI is InChI=1S/C23H33NO4/c1-21(18(8-11-24)16-12-20(25)28-14-16)10-7-19-15(13-21)5-6-17-4-3-9-23(26,27)22(17,19)2/h12,15,17-19,26-27H,3-10,13-14H2,1-2H3/t15-,17-,18+,19-,21-,22-/m0/s1. The molecule has 0 radical (unpaired) electrons. The van der Waals surface area contributed by atoms with E-state index in [4.69, 9.17) is 4.74 Å². The van der Waals surface area contributed by atoms with Crippen molar-refractivity contribution in [3.8, 4) is 6.07 Å². The number of hydrogen-bond donors (Lipinski definition) is 2. The minimum atomic E-state index is -1.58. The first-order valence-corrected chi connectivity index (χ1v) is 10.9. The van der Waals surface area contributed by atoms with Crippen molar-refractivity contribution in [2.45, 2.75) is 77.4 Å². The van der Waals surface area contributed by atoms with Gasteiger partial charge in [-0.1, -0.05) is 13.8 Å². The smallest absolute Gasteiger partial charge is 0.331 e. The van der Waals surface area contributed by atoms with E-state index < -0.39 is 11.2 Å². The third-order valence-corrected chi connectivity index (χ3v) is 9.04. The Morgan fingerprint density at radius 3 is 2.71 bits per heavy atom. The highest BCUT2D eigenvalue weighted by Gasteiger charge is 2.62. The Morgan fingerprint density at radius 2 is 2.04 bits per heavy atom. The molecule has 0 unspecified atom stereocenters. The molecule has 1 heterocycles. The molecule has 154 valence electrons. The third kappa shape index (κ3) is 2.92. The summed E-state index contributed by atoms with van der Waals surface area (Å²) in [5.74, 6) is -0.692. The molecular weight excluding hydrogens is 354 g/mol. The Kier molecular flexibility index (Phi) is 4.87. The number of carbonyl (C=O) groups excluding carboxylic acids is 1. The van der Waals surface area contributed by atoms with Gasteiger partial charge in [0.15, 0.2) is 5.79 Å². The van der Waals surface area contributed by atoms with Gasteiger partial charge in [-0.2, -0.15) is 5.26 Å². The molecule has 5 heteroatoms. The topological polar surface area (TPSA) is 90.6 Å².